The fraction of sp³-hybridized carbons (Fsp3) is 0.550. The van der Waals surface area contributed by atoms with E-state index in [-0.39, 0.29) is 55.3 Å². The van der Waals surface area contributed by atoms with Crippen molar-refractivity contribution in [3.8, 4) is 0 Å². The molecule has 1 aromatic carbocycles. The normalized spacial score (nSPS) is 17.7. The Morgan fingerprint density at radius 2 is 1.86 bits per heavy atom. The quantitative estimate of drug-likeness (QED) is 0.696. The van der Waals surface area contributed by atoms with Crippen LogP contribution in [0.1, 0.15) is 55.8 Å². The maximum absolute atomic E-state index is 13.9. The minimum absolute atomic E-state index is 0.0206. The molecule has 28 heavy (non-hydrogen) atoms. The van der Waals surface area contributed by atoms with Gasteiger partial charge in [-0.15, -0.1) is 0 Å². The van der Waals surface area contributed by atoms with Crippen molar-refractivity contribution in [2.45, 2.75) is 51.5 Å². The molecule has 2 aliphatic rings. The molecule has 6 nitrogen and oxygen atoms in total. The van der Waals surface area contributed by atoms with Crippen molar-refractivity contribution in [1.29, 1.82) is 0 Å². The van der Waals surface area contributed by atoms with E-state index in [2.05, 4.69) is 0 Å². The van der Waals surface area contributed by atoms with E-state index in [1.54, 1.807) is 6.92 Å². The standard InChI is InChI=1S/C20H24F2N2O4/c1-2-28-19(26)8-5-9-23-12-18(25)24(13-6-3-4-7-13)17-11-16(22)15(21)10-14(17)20(23)27/h10-11,13H,2-9,12H2,1H3. The summed E-state index contributed by atoms with van der Waals surface area (Å²) in [6.07, 6.45) is 3.86. The molecule has 1 aromatic rings. The molecule has 1 saturated carbocycles. The number of nitrogens with zero attached hydrogens (tertiary/aromatic N) is 2. The Hall–Kier alpha value is -2.51. The van der Waals surface area contributed by atoms with Crippen LogP contribution in [0.25, 0.3) is 0 Å². The number of amides is 2. The van der Waals surface area contributed by atoms with Crippen LogP contribution in [0.15, 0.2) is 12.1 Å². The molecule has 152 valence electrons. The van der Waals surface area contributed by atoms with E-state index in [0.29, 0.717) is 6.42 Å². The third-order valence-electron chi connectivity index (χ3n) is 5.21. The highest BCUT2D eigenvalue weighted by atomic mass is 19.2. The highest BCUT2D eigenvalue weighted by Crippen LogP contribution is 2.34. The fourth-order valence-corrected chi connectivity index (χ4v) is 3.91. The molecule has 8 heteroatoms. The van der Waals surface area contributed by atoms with Gasteiger partial charge in [0.05, 0.1) is 17.9 Å². The van der Waals surface area contributed by atoms with Crippen molar-refractivity contribution < 1.29 is 27.9 Å². The average molecular weight is 394 g/mol. The molecule has 0 atom stereocenters. The summed E-state index contributed by atoms with van der Waals surface area (Å²) in [6.45, 7) is 1.95. The predicted octanol–water partition coefficient (Wildman–Crippen LogP) is 3.04. The lowest BCUT2D eigenvalue weighted by molar-refractivity contribution is -0.143. The minimum Gasteiger partial charge on any atom is -0.466 e. The number of ether oxygens (including phenoxy) is 1. The maximum atomic E-state index is 13.9. The Bertz CT molecular complexity index is 778. The van der Waals surface area contributed by atoms with E-state index in [9.17, 15) is 23.2 Å². The van der Waals surface area contributed by atoms with Crippen LogP contribution in [-0.4, -0.2) is 48.4 Å². The molecule has 1 heterocycles. The monoisotopic (exact) mass is 394 g/mol. The van der Waals surface area contributed by atoms with Gasteiger partial charge in [0.2, 0.25) is 5.91 Å². The Balaban J connectivity index is 1.87. The fourth-order valence-electron chi connectivity index (χ4n) is 3.91. The van der Waals surface area contributed by atoms with E-state index in [1.165, 1.54) is 9.80 Å². The van der Waals surface area contributed by atoms with E-state index < -0.39 is 17.5 Å². The first-order valence-electron chi connectivity index (χ1n) is 9.68. The molecular weight excluding hydrogens is 370 g/mol. The Kier molecular flexibility index (Phi) is 6.26. The molecule has 0 spiro atoms. The van der Waals surface area contributed by atoms with Gasteiger partial charge < -0.3 is 14.5 Å². The van der Waals surface area contributed by atoms with Crippen LogP contribution in [-0.2, 0) is 14.3 Å². The van der Waals surface area contributed by atoms with Gasteiger partial charge in [0, 0.05) is 25.1 Å². The maximum Gasteiger partial charge on any atom is 0.305 e. The predicted molar refractivity (Wildman–Crippen MR) is 97.9 cm³/mol. The molecule has 2 amide bonds. The van der Waals surface area contributed by atoms with Crippen molar-refractivity contribution in [1.82, 2.24) is 4.90 Å². The topological polar surface area (TPSA) is 66.9 Å². The zero-order chi connectivity index (χ0) is 20.3. The molecule has 0 unspecified atom stereocenters. The van der Waals surface area contributed by atoms with Crippen LogP contribution >= 0.6 is 0 Å². The number of carbonyl (C=O) groups excluding carboxylic acids is 3. The summed E-state index contributed by atoms with van der Waals surface area (Å²) in [5.41, 5.74) is 0.112. The van der Waals surface area contributed by atoms with Crippen molar-refractivity contribution in [2.24, 2.45) is 0 Å². The number of anilines is 1. The van der Waals surface area contributed by atoms with Crippen LogP contribution in [0.4, 0.5) is 14.5 Å². The number of hydrogen-bond donors (Lipinski definition) is 0. The molecular formula is C20H24F2N2O4. The summed E-state index contributed by atoms with van der Waals surface area (Å²) in [6, 6.07) is 1.69. The minimum atomic E-state index is -1.13. The smallest absolute Gasteiger partial charge is 0.305 e. The Labute approximate surface area is 162 Å². The summed E-state index contributed by atoms with van der Waals surface area (Å²) in [7, 11) is 0. The highest BCUT2D eigenvalue weighted by Gasteiger charge is 2.37. The van der Waals surface area contributed by atoms with Gasteiger partial charge in [-0.2, -0.15) is 0 Å². The summed E-state index contributed by atoms with van der Waals surface area (Å²) in [5, 5.41) is 0. The molecule has 1 aliphatic heterocycles. The number of halogens is 2. The van der Waals surface area contributed by atoms with E-state index >= 15 is 0 Å². The summed E-state index contributed by atoms with van der Waals surface area (Å²) in [5.74, 6) is -3.44. The van der Waals surface area contributed by atoms with Gasteiger partial charge in [-0.3, -0.25) is 14.4 Å². The third kappa shape index (κ3) is 4.15. The lowest BCUT2D eigenvalue weighted by Gasteiger charge is -2.29. The molecule has 0 bridgehead atoms. The Morgan fingerprint density at radius 3 is 2.54 bits per heavy atom. The highest BCUT2D eigenvalue weighted by molar-refractivity contribution is 6.09. The molecule has 0 aromatic heterocycles. The van der Waals surface area contributed by atoms with E-state index in [4.69, 9.17) is 4.74 Å². The van der Waals surface area contributed by atoms with Crippen molar-refractivity contribution in [3.63, 3.8) is 0 Å². The second-order valence-electron chi connectivity index (χ2n) is 7.12. The van der Waals surface area contributed by atoms with Crippen LogP contribution in [0, 0.1) is 11.6 Å². The number of esters is 1. The molecule has 3 rings (SSSR count). The third-order valence-corrected chi connectivity index (χ3v) is 5.21. The van der Waals surface area contributed by atoms with Crippen LogP contribution in [0.5, 0.6) is 0 Å². The van der Waals surface area contributed by atoms with E-state index in [0.717, 1.165) is 37.8 Å². The second kappa shape index (κ2) is 8.67. The second-order valence-corrected chi connectivity index (χ2v) is 7.12. The molecule has 0 N–H and O–H groups in total. The summed E-state index contributed by atoms with van der Waals surface area (Å²) >= 11 is 0. The van der Waals surface area contributed by atoms with E-state index in [1.807, 2.05) is 0 Å². The first-order valence-corrected chi connectivity index (χ1v) is 9.68. The van der Waals surface area contributed by atoms with Crippen LogP contribution in [0.3, 0.4) is 0 Å². The number of rotatable bonds is 6. The summed E-state index contributed by atoms with van der Waals surface area (Å²) < 4.78 is 32.7. The SMILES string of the molecule is CCOC(=O)CCCN1CC(=O)N(C2CCCC2)c2cc(F)c(F)cc2C1=O. The number of carbonyl (C=O) groups is 3. The average Bonchev–Trinajstić information content (AvgIpc) is 3.14. The van der Waals surface area contributed by atoms with Crippen molar-refractivity contribution in [2.75, 3.05) is 24.6 Å². The lowest BCUT2D eigenvalue weighted by Crippen LogP contribution is -2.43. The van der Waals surface area contributed by atoms with Crippen molar-refractivity contribution >= 4 is 23.5 Å². The molecule has 1 aliphatic carbocycles. The van der Waals surface area contributed by atoms with Gasteiger partial charge in [0.15, 0.2) is 11.6 Å². The number of hydrogen-bond acceptors (Lipinski definition) is 4. The molecule has 1 fully saturated rings. The zero-order valence-electron chi connectivity index (χ0n) is 15.9. The number of fused-ring (bicyclic) bond motifs is 1. The first kappa shape index (κ1) is 20.2. The van der Waals surface area contributed by atoms with Crippen LogP contribution in [0.2, 0.25) is 0 Å². The van der Waals surface area contributed by atoms with Crippen molar-refractivity contribution in [3.05, 3.63) is 29.3 Å². The van der Waals surface area contributed by atoms with Gasteiger partial charge in [-0.25, -0.2) is 8.78 Å². The zero-order valence-corrected chi connectivity index (χ0v) is 15.9. The van der Waals surface area contributed by atoms with Gasteiger partial charge in [0.1, 0.15) is 6.54 Å². The summed E-state index contributed by atoms with van der Waals surface area (Å²) in [4.78, 5) is 40.2. The largest absolute Gasteiger partial charge is 0.466 e. The number of benzene rings is 1. The van der Waals surface area contributed by atoms with Gasteiger partial charge >= 0.3 is 5.97 Å². The van der Waals surface area contributed by atoms with Crippen LogP contribution < -0.4 is 4.90 Å². The van der Waals surface area contributed by atoms with Gasteiger partial charge in [-0.05, 0) is 32.3 Å². The molecule has 0 radical (unpaired) electrons. The lowest BCUT2D eigenvalue weighted by atomic mass is 10.1. The van der Waals surface area contributed by atoms with Gasteiger partial charge in [-0.1, -0.05) is 12.8 Å². The molecule has 0 saturated heterocycles. The Morgan fingerprint density at radius 1 is 1.18 bits per heavy atom. The van der Waals surface area contributed by atoms with Gasteiger partial charge in [0.25, 0.3) is 5.91 Å². The first-order chi connectivity index (χ1) is 13.4.